The molecule has 5 atom stereocenters. The molecule has 2 aromatic carbocycles. The summed E-state index contributed by atoms with van der Waals surface area (Å²) in [5, 5.41) is 31.8. The molecule has 0 saturated carbocycles. The lowest BCUT2D eigenvalue weighted by Gasteiger charge is -2.38. The highest BCUT2D eigenvalue weighted by atomic mass is 19.1. The minimum atomic E-state index is -1.82. The first-order valence-electron chi connectivity index (χ1n) is 13.7. The maximum absolute atomic E-state index is 13.8. The summed E-state index contributed by atoms with van der Waals surface area (Å²) >= 11 is 0. The van der Waals surface area contributed by atoms with Gasteiger partial charge in [-0.25, -0.2) is 9.18 Å². The Labute approximate surface area is 241 Å². The molecule has 3 aromatic rings. The van der Waals surface area contributed by atoms with Gasteiger partial charge in [0.1, 0.15) is 30.7 Å². The van der Waals surface area contributed by atoms with Crippen molar-refractivity contribution in [3.05, 3.63) is 77.3 Å². The number of aliphatic hydroxyl groups is 3. The molecule has 2 aliphatic rings. The minimum absolute atomic E-state index is 0.0273. The Morgan fingerprint density at radius 1 is 1.17 bits per heavy atom. The first kappa shape index (κ1) is 29.6. The van der Waals surface area contributed by atoms with Gasteiger partial charge < -0.3 is 34.1 Å². The highest BCUT2D eigenvalue weighted by Gasteiger charge is 2.49. The van der Waals surface area contributed by atoms with Crippen LogP contribution in [0.4, 0.5) is 4.39 Å². The highest BCUT2D eigenvalue weighted by molar-refractivity contribution is 5.96. The number of aliphatic hydroxyl groups excluding tert-OH is 3. The first-order chi connectivity index (χ1) is 20.1. The molecule has 0 aliphatic carbocycles. The van der Waals surface area contributed by atoms with Gasteiger partial charge in [0, 0.05) is 29.4 Å². The van der Waals surface area contributed by atoms with Gasteiger partial charge in [0.15, 0.2) is 6.10 Å². The molecular weight excluding hydrogens is 547 g/mol. The van der Waals surface area contributed by atoms with Crippen molar-refractivity contribution < 1.29 is 43.5 Å². The van der Waals surface area contributed by atoms with E-state index >= 15 is 0 Å². The standard InChI is InChI=1S/C31H33FN2O8/c1-4-11-40-30(39)29-27(37)26(36)28(38)31(42-29)41-24(35)10-9-21-22-12-17-14-33-15-18(17)13-23(22)34(25(21)16(2)3)20-7-5-19(32)6-8-20/h4-8,12-13,15-16,26-29,31,36-38H,1,9-11,14H2,2-3H3/t26-,27-,28+,29-,31?/m1/s1. The second-order valence-corrected chi connectivity index (χ2v) is 10.7. The van der Waals surface area contributed by atoms with Crippen LogP contribution in [-0.4, -0.2) is 75.4 Å². The number of carbonyl (C=O) groups is 2. The molecule has 3 N–H and O–H groups in total. The molecule has 0 radical (unpaired) electrons. The summed E-state index contributed by atoms with van der Waals surface area (Å²) in [4.78, 5) is 29.7. The zero-order chi connectivity index (χ0) is 30.1. The van der Waals surface area contributed by atoms with Crippen LogP contribution in [0.5, 0.6) is 0 Å². The van der Waals surface area contributed by atoms with Crippen LogP contribution in [0.15, 0.2) is 54.0 Å². The molecule has 1 saturated heterocycles. The maximum atomic E-state index is 13.8. The van der Waals surface area contributed by atoms with E-state index in [1.807, 2.05) is 26.1 Å². The van der Waals surface area contributed by atoms with Crippen molar-refractivity contribution in [2.24, 2.45) is 4.99 Å². The Morgan fingerprint density at radius 3 is 2.60 bits per heavy atom. The number of hydrogen-bond acceptors (Lipinski definition) is 9. The van der Waals surface area contributed by atoms with Crippen molar-refractivity contribution in [3.63, 3.8) is 0 Å². The van der Waals surface area contributed by atoms with Crippen LogP contribution in [0.2, 0.25) is 0 Å². The Balaban J connectivity index is 1.42. The normalized spacial score (nSPS) is 23.3. The quantitative estimate of drug-likeness (QED) is 0.259. The number of aryl methyl sites for hydroxylation is 1. The maximum Gasteiger partial charge on any atom is 0.338 e. The van der Waals surface area contributed by atoms with E-state index in [2.05, 4.69) is 22.2 Å². The zero-order valence-corrected chi connectivity index (χ0v) is 23.3. The van der Waals surface area contributed by atoms with E-state index in [1.54, 1.807) is 12.1 Å². The van der Waals surface area contributed by atoms with Gasteiger partial charge >= 0.3 is 11.9 Å². The molecule has 1 fully saturated rings. The third kappa shape index (κ3) is 5.60. The van der Waals surface area contributed by atoms with Crippen molar-refractivity contribution in [1.29, 1.82) is 0 Å². The second kappa shape index (κ2) is 12.1. The lowest BCUT2D eigenvalue weighted by molar-refractivity contribution is -0.287. The van der Waals surface area contributed by atoms with Crippen LogP contribution in [-0.2, 0) is 36.8 Å². The fourth-order valence-corrected chi connectivity index (χ4v) is 5.49. The molecule has 2 aliphatic heterocycles. The van der Waals surface area contributed by atoms with Crippen molar-refractivity contribution in [1.82, 2.24) is 4.57 Å². The van der Waals surface area contributed by atoms with Crippen molar-refractivity contribution in [2.45, 2.75) is 69.9 Å². The Kier molecular flexibility index (Phi) is 8.55. The SMILES string of the molecule is C=CCOC(=O)[C@@H]1OC(OC(=O)CCc2c(C(C)C)n(-c3ccc(F)cc3)c3cc4c(cc23)CN=C4)[C@@H](O)[C@H](O)[C@H]1O. The molecule has 1 unspecified atom stereocenters. The Hall–Kier alpha value is -3.90. The topological polar surface area (TPSA) is 140 Å². The van der Waals surface area contributed by atoms with Gasteiger partial charge in [0.25, 0.3) is 0 Å². The van der Waals surface area contributed by atoms with Crippen LogP contribution in [0.1, 0.15) is 48.6 Å². The predicted octanol–water partition coefficient (Wildman–Crippen LogP) is 2.84. The van der Waals surface area contributed by atoms with E-state index in [9.17, 15) is 29.3 Å². The number of esters is 2. The van der Waals surface area contributed by atoms with Gasteiger partial charge in [-0.15, -0.1) is 0 Å². The van der Waals surface area contributed by atoms with Crippen LogP contribution in [0.3, 0.4) is 0 Å². The number of benzene rings is 2. The molecular formula is C31H33FN2O8. The molecule has 0 spiro atoms. The number of aliphatic imine (C=N–C) groups is 1. The molecule has 222 valence electrons. The average molecular weight is 581 g/mol. The van der Waals surface area contributed by atoms with E-state index in [1.165, 1.54) is 18.2 Å². The van der Waals surface area contributed by atoms with Gasteiger partial charge in [-0.3, -0.25) is 9.79 Å². The van der Waals surface area contributed by atoms with E-state index in [4.69, 9.17) is 14.2 Å². The first-order valence-corrected chi connectivity index (χ1v) is 13.7. The number of carbonyl (C=O) groups excluding carboxylic acids is 2. The van der Waals surface area contributed by atoms with Crippen molar-refractivity contribution in [2.75, 3.05) is 6.61 Å². The smallest absolute Gasteiger partial charge is 0.338 e. The molecule has 42 heavy (non-hydrogen) atoms. The molecule has 5 rings (SSSR count). The summed E-state index contributed by atoms with van der Waals surface area (Å²) in [7, 11) is 0. The summed E-state index contributed by atoms with van der Waals surface area (Å²) in [5.74, 6) is -2.07. The van der Waals surface area contributed by atoms with Gasteiger partial charge in [-0.2, -0.15) is 0 Å². The van der Waals surface area contributed by atoms with Gasteiger partial charge in [0.2, 0.25) is 6.29 Å². The number of halogens is 1. The molecule has 3 heterocycles. The van der Waals surface area contributed by atoms with Crippen LogP contribution < -0.4 is 0 Å². The zero-order valence-electron chi connectivity index (χ0n) is 23.3. The summed E-state index contributed by atoms with van der Waals surface area (Å²) in [6.07, 6.45) is -5.49. The van der Waals surface area contributed by atoms with Crippen molar-refractivity contribution >= 4 is 29.1 Å². The molecule has 11 heteroatoms. The fourth-order valence-electron chi connectivity index (χ4n) is 5.49. The highest BCUT2D eigenvalue weighted by Crippen LogP contribution is 2.37. The largest absolute Gasteiger partial charge is 0.459 e. The lowest BCUT2D eigenvalue weighted by Crippen LogP contribution is -2.60. The average Bonchev–Trinajstić information content (AvgIpc) is 3.56. The monoisotopic (exact) mass is 580 g/mol. The van der Waals surface area contributed by atoms with Gasteiger partial charge in [-0.05, 0) is 65.4 Å². The summed E-state index contributed by atoms with van der Waals surface area (Å²) in [6, 6.07) is 10.3. The predicted molar refractivity (Wildman–Crippen MR) is 151 cm³/mol. The van der Waals surface area contributed by atoms with Crippen molar-refractivity contribution in [3.8, 4) is 5.69 Å². The molecule has 0 bridgehead atoms. The fraction of sp³-hybridized carbons (Fsp3) is 0.387. The number of ether oxygens (including phenoxy) is 3. The number of rotatable bonds is 9. The Bertz CT molecular complexity index is 1530. The Morgan fingerprint density at radius 2 is 1.90 bits per heavy atom. The second-order valence-electron chi connectivity index (χ2n) is 10.7. The number of aromatic nitrogens is 1. The third-order valence-electron chi connectivity index (χ3n) is 7.47. The van der Waals surface area contributed by atoms with Crippen LogP contribution in [0, 0.1) is 5.82 Å². The lowest BCUT2D eigenvalue weighted by atomic mass is 9.97. The van der Waals surface area contributed by atoms with E-state index < -0.39 is 42.6 Å². The van der Waals surface area contributed by atoms with E-state index in [0.29, 0.717) is 6.54 Å². The summed E-state index contributed by atoms with van der Waals surface area (Å²) in [6.45, 7) is 7.90. The summed E-state index contributed by atoms with van der Waals surface area (Å²) in [5.41, 5.74) is 5.57. The minimum Gasteiger partial charge on any atom is -0.459 e. The molecule has 10 nitrogen and oxygen atoms in total. The summed E-state index contributed by atoms with van der Waals surface area (Å²) < 4.78 is 31.4. The van der Waals surface area contributed by atoms with Gasteiger partial charge in [-0.1, -0.05) is 26.5 Å². The number of nitrogens with zero attached hydrogens (tertiary/aromatic N) is 2. The molecule has 0 amide bonds. The number of hydrogen-bond donors (Lipinski definition) is 3. The number of fused-ring (bicyclic) bond motifs is 2. The van der Waals surface area contributed by atoms with E-state index in [-0.39, 0.29) is 31.2 Å². The van der Waals surface area contributed by atoms with Crippen LogP contribution >= 0.6 is 0 Å². The molecule has 1 aromatic heterocycles. The van der Waals surface area contributed by atoms with Crippen LogP contribution in [0.25, 0.3) is 16.6 Å². The van der Waals surface area contributed by atoms with E-state index in [0.717, 1.165) is 39.0 Å². The third-order valence-corrected chi connectivity index (χ3v) is 7.47. The van der Waals surface area contributed by atoms with Gasteiger partial charge in [0.05, 0.1) is 12.1 Å².